The van der Waals surface area contributed by atoms with E-state index in [-0.39, 0.29) is 12.4 Å². The normalized spacial score (nSPS) is 16.7. The number of nitrogens with zero attached hydrogens (tertiary/aromatic N) is 1. The van der Waals surface area contributed by atoms with E-state index in [0.717, 1.165) is 11.1 Å². The molecule has 1 atom stereocenters. The third-order valence-corrected chi connectivity index (χ3v) is 5.04. The lowest BCUT2D eigenvalue weighted by Gasteiger charge is -2.30. The predicted octanol–water partition coefficient (Wildman–Crippen LogP) is 4.02. The van der Waals surface area contributed by atoms with Crippen molar-refractivity contribution >= 4 is 35.9 Å². The Morgan fingerprint density at radius 1 is 1.10 bits per heavy atom. The van der Waals surface area contributed by atoms with Crippen molar-refractivity contribution in [2.45, 2.75) is 19.5 Å². The molecule has 0 fully saturated rings. The molecule has 1 unspecified atom stereocenters. The van der Waals surface area contributed by atoms with Crippen molar-refractivity contribution in [3.05, 3.63) is 69.9 Å². The molecule has 0 amide bonds. The minimum Gasteiger partial charge on any atom is -0.497 e. The number of carbonyl (C=O) groups is 1. The number of aliphatic imine (C=N–C) groups is 1. The van der Waals surface area contributed by atoms with Crippen molar-refractivity contribution in [3.8, 4) is 11.5 Å². The molecule has 1 aliphatic heterocycles. The third kappa shape index (κ3) is 5.62. The van der Waals surface area contributed by atoms with Gasteiger partial charge in [0.2, 0.25) is 0 Å². The van der Waals surface area contributed by atoms with Crippen molar-refractivity contribution in [3.63, 3.8) is 0 Å². The van der Waals surface area contributed by atoms with Gasteiger partial charge < -0.3 is 24.8 Å². The number of halogens is 2. The molecular formula is C22H25Cl2N3O4. The molecule has 0 bridgehead atoms. The van der Waals surface area contributed by atoms with Crippen LogP contribution in [0.15, 0.2) is 58.7 Å². The summed E-state index contributed by atoms with van der Waals surface area (Å²) in [4.78, 5) is 17.0. The molecule has 31 heavy (non-hydrogen) atoms. The lowest BCUT2D eigenvalue weighted by molar-refractivity contribution is -0.136. The minimum absolute atomic E-state index is 0. The maximum Gasteiger partial charge on any atom is 0.337 e. The first-order chi connectivity index (χ1) is 14.5. The Hall–Kier alpha value is -2.90. The summed E-state index contributed by atoms with van der Waals surface area (Å²) in [7, 11) is 4.57. The first-order valence-corrected chi connectivity index (χ1v) is 9.68. The van der Waals surface area contributed by atoms with E-state index in [9.17, 15) is 4.79 Å². The topological polar surface area (TPSA) is 81.2 Å². The molecule has 0 radical (unpaired) electrons. The Morgan fingerprint density at radius 3 is 2.42 bits per heavy atom. The van der Waals surface area contributed by atoms with Crippen LogP contribution in [-0.4, -0.2) is 33.3 Å². The third-order valence-electron chi connectivity index (χ3n) is 4.79. The molecule has 0 saturated heterocycles. The molecule has 2 N–H and O–H groups in total. The quantitative estimate of drug-likeness (QED) is 0.627. The van der Waals surface area contributed by atoms with Gasteiger partial charge in [-0.25, -0.2) is 9.79 Å². The molecule has 0 aliphatic carbocycles. The summed E-state index contributed by atoms with van der Waals surface area (Å²) in [5, 5.41) is 7.05. The number of nitrogens with one attached hydrogen (secondary N) is 2. The zero-order chi connectivity index (χ0) is 21.7. The average Bonchev–Trinajstić information content (AvgIpc) is 2.77. The second-order valence-corrected chi connectivity index (χ2v) is 7.06. The van der Waals surface area contributed by atoms with E-state index in [4.69, 9.17) is 25.8 Å². The van der Waals surface area contributed by atoms with Gasteiger partial charge in [-0.1, -0.05) is 23.7 Å². The van der Waals surface area contributed by atoms with Crippen LogP contribution < -0.4 is 20.1 Å². The number of rotatable bonds is 6. The molecule has 3 rings (SSSR count). The van der Waals surface area contributed by atoms with Crippen LogP contribution in [0.2, 0.25) is 5.02 Å². The molecule has 1 aliphatic rings. The Morgan fingerprint density at radius 2 is 1.81 bits per heavy atom. The maximum atomic E-state index is 12.4. The number of hydrogen-bond donors (Lipinski definition) is 2. The van der Waals surface area contributed by atoms with Gasteiger partial charge in [-0.05, 0) is 36.8 Å². The maximum absolute atomic E-state index is 12.4. The van der Waals surface area contributed by atoms with Crippen LogP contribution in [0.25, 0.3) is 0 Å². The molecular weight excluding hydrogens is 441 g/mol. The molecule has 7 nitrogen and oxygen atoms in total. The predicted molar refractivity (Wildman–Crippen MR) is 123 cm³/mol. The monoisotopic (exact) mass is 465 g/mol. The zero-order valence-electron chi connectivity index (χ0n) is 17.7. The van der Waals surface area contributed by atoms with Gasteiger partial charge >= 0.3 is 5.97 Å². The van der Waals surface area contributed by atoms with Crippen LogP contribution in [0.1, 0.15) is 24.1 Å². The van der Waals surface area contributed by atoms with Crippen LogP contribution in [0.5, 0.6) is 11.5 Å². The Kier molecular flexibility index (Phi) is 8.59. The fraction of sp³-hybridized carbons (Fsp3) is 0.273. The second-order valence-electron chi connectivity index (χ2n) is 6.63. The van der Waals surface area contributed by atoms with Crippen LogP contribution >= 0.6 is 24.0 Å². The van der Waals surface area contributed by atoms with E-state index in [1.165, 1.54) is 7.11 Å². The second kappa shape index (κ2) is 10.9. The van der Waals surface area contributed by atoms with Gasteiger partial charge in [0.15, 0.2) is 5.96 Å². The van der Waals surface area contributed by atoms with E-state index in [2.05, 4.69) is 15.6 Å². The average molecular weight is 466 g/mol. The zero-order valence-corrected chi connectivity index (χ0v) is 19.3. The lowest BCUT2D eigenvalue weighted by atomic mass is 9.95. The SMILES string of the molecule is COC(=O)C1=C(C)NC(=NCc2ccc(OC)cc2OC)NC1c1ccc(Cl)cc1.Cl. The summed E-state index contributed by atoms with van der Waals surface area (Å²) < 4.78 is 15.7. The molecule has 0 saturated carbocycles. The Bertz CT molecular complexity index is 991. The van der Waals surface area contributed by atoms with Gasteiger partial charge in [-0.15, -0.1) is 12.4 Å². The largest absolute Gasteiger partial charge is 0.497 e. The number of esters is 1. The Labute approximate surface area is 192 Å². The standard InChI is InChI=1S/C22H24ClN3O4.ClH/c1-13-19(21(27)30-4)20(14-5-8-16(23)9-6-14)26-22(25-13)24-12-15-7-10-17(28-2)11-18(15)29-3;/h5-11,20H,12H2,1-4H3,(H2,24,25,26);1H. The molecule has 2 aromatic rings. The highest BCUT2D eigenvalue weighted by atomic mass is 35.5. The van der Waals surface area contributed by atoms with Gasteiger partial charge in [0, 0.05) is 22.3 Å². The van der Waals surface area contributed by atoms with E-state index in [0.29, 0.717) is 40.3 Å². The van der Waals surface area contributed by atoms with E-state index in [1.54, 1.807) is 26.4 Å². The van der Waals surface area contributed by atoms with E-state index >= 15 is 0 Å². The van der Waals surface area contributed by atoms with Gasteiger partial charge in [-0.2, -0.15) is 0 Å². The van der Waals surface area contributed by atoms with Crippen molar-refractivity contribution in [2.75, 3.05) is 21.3 Å². The summed E-state index contributed by atoms with van der Waals surface area (Å²) in [5.41, 5.74) is 2.93. The van der Waals surface area contributed by atoms with Crippen LogP contribution in [0, 0.1) is 0 Å². The summed E-state index contributed by atoms with van der Waals surface area (Å²) in [5.74, 6) is 1.52. The molecule has 2 aromatic carbocycles. The van der Waals surface area contributed by atoms with Crippen molar-refractivity contribution in [2.24, 2.45) is 4.99 Å². The highest BCUT2D eigenvalue weighted by Gasteiger charge is 2.31. The Balaban J connectivity index is 0.00000341. The van der Waals surface area contributed by atoms with Gasteiger partial charge in [0.1, 0.15) is 11.5 Å². The summed E-state index contributed by atoms with van der Waals surface area (Å²) >= 11 is 6.02. The fourth-order valence-electron chi connectivity index (χ4n) is 3.22. The smallest absolute Gasteiger partial charge is 0.337 e. The molecule has 9 heteroatoms. The number of carbonyl (C=O) groups excluding carboxylic acids is 1. The number of allylic oxidation sites excluding steroid dienone is 1. The fourth-order valence-corrected chi connectivity index (χ4v) is 3.35. The van der Waals surface area contributed by atoms with Gasteiger partial charge in [-0.3, -0.25) is 0 Å². The molecule has 0 aromatic heterocycles. The molecule has 1 heterocycles. The lowest BCUT2D eigenvalue weighted by Crippen LogP contribution is -2.46. The minimum atomic E-state index is -0.424. The van der Waals surface area contributed by atoms with Gasteiger partial charge in [0.05, 0.1) is 39.5 Å². The number of methoxy groups -OCH3 is 3. The molecule has 166 valence electrons. The van der Waals surface area contributed by atoms with Crippen LogP contribution in [-0.2, 0) is 16.1 Å². The van der Waals surface area contributed by atoms with Crippen molar-refractivity contribution in [1.82, 2.24) is 10.6 Å². The number of ether oxygens (including phenoxy) is 3. The van der Waals surface area contributed by atoms with Crippen molar-refractivity contribution in [1.29, 1.82) is 0 Å². The summed E-state index contributed by atoms with van der Waals surface area (Å²) in [6, 6.07) is 12.5. The number of hydrogen-bond acceptors (Lipinski definition) is 5. The van der Waals surface area contributed by atoms with Crippen LogP contribution in [0.3, 0.4) is 0 Å². The van der Waals surface area contributed by atoms with Crippen molar-refractivity contribution < 1.29 is 19.0 Å². The van der Waals surface area contributed by atoms with E-state index in [1.807, 2.05) is 37.3 Å². The number of benzene rings is 2. The highest BCUT2D eigenvalue weighted by molar-refractivity contribution is 6.30. The molecule has 0 spiro atoms. The summed E-state index contributed by atoms with van der Waals surface area (Å²) in [6.07, 6.45) is 0. The van der Waals surface area contributed by atoms with Gasteiger partial charge in [0.25, 0.3) is 0 Å². The van der Waals surface area contributed by atoms with E-state index < -0.39 is 12.0 Å². The first-order valence-electron chi connectivity index (χ1n) is 9.30. The highest BCUT2D eigenvalue weighted by Crippen LogP contribution is 2.29. The van der Waals surface area contributed by atoms with Crippen LogP contribution in [0.4, 0.5) is 0 Å². The summed E-state index contributed by atoms with van der Waals surface area (Å²) in [6.45, 7) is 2.19. The first kappa shape index (κ1) is 24.4. The number of guanidine groups is 1.